The Kier molecular flexibility index (Phi) is 8.29. The van der Waals surface area contributed by atoms with Gasteiger partial charge in [-0.3, -0.25) is 9.35 Å². The van der Waals surface area contributed by atoms with Crippen LogP contribution in [0.25, 0.3) is 0 Å². The zero-order valence-corrected chi connectivity index (χ0v) is 19.6. The van der Waals surface area contributed by atoms with Crippen molar-refractivity contribution in [1.82, 2.24) is 0 Å². The molecule has 2 unspecified atom stereocenters. The molecule has 27 heavy (non-hydrogen) atoms. The van der Waals surface area contributed by atoms with Crippen LogP contribution in [-0.2, 0) is 24.4 Å². The minimum Gasteiger partial charge on any atom is -0.464 e. The number of carbonyl (C=O) groups is 2. The van der Waals surface area contributed by atoms with Crippen LogP contribution < -0.4 is 0 Å². The van der Waals surface area contributed by atoms with Gasteiger partial charge in [-0.15, -0.1) is 0 Å². The molecule has 1 aliphatic rings. The molecule has 0 aromatic heterocycles. The fraction of sp³-hybridized carbons (Fsp3) is 0.500. The third-order valence-electron chi connectivity index (χ3n) is 4.03. The molecule has 150 valence electrons. The molecule has 11 heteroatoms. The van der Waals surface area contributed by atoms with E-state index in [1.807, 2.05) is 0 Å². The maximum absolute atomic E-state index is 12.5. The summed E-state index contributed by atoms with van der Waals surface area (Å²) < 4.78 is 42.5. The van der Waals surface area contributed by atoms with Crippen molar-refractivity contribution in [3.8, 4) is 0 Å². The number of carbonyl (C=O) groups excluding carboxylic acids is 2. The van der Waals surface area contributed by atoms with E-state index >= 15 is 0 Å². The van der Waals surface area contributed by atoms with Crippen molar-refractivity contribution in [2.75, 3.05) is 12.4 Å². The monoisotopic (exact) mass is 590 g/mol. The van der Waals surface area contributed by atoms with Crippen molar-refractivity contribution in [1.29, 1.82) is 0 Å². The van der Waals surface area contributed by atoms with Crippen LogP contribution in [-0.4, -0.2) is 43.4 Å². The lowest BCUT2D eigenvalue weighted by atomic mass is 9.87. The number of ether oxygens (including phenoxy) is 2. The Morgan fingerprint density at radius 3 is 2.56 bits per heavy atom. The highest BCUT2D eigenvalue weighted by Crippen LogP contribution is 2.33. The summed E-state index contributed by atoms with van der Waals surface area (Å²) in [5.74, 6) is -2.17. The Labute approximate surface area is 182 Å². The second kappa shape index (κ2) is 9.82. The first-order valence-electron chi connectivity index (χ1n) is 8.04. The molecule has 1 fully saturated rings. The lowest BCUT2D eigenvalue weighted by Gasteiger charge is -2.27. The van der Waals surface area contributed by atoms with Gasteiger partial charge < -0.3 is 9.47 Å². The molecule has 1 aromatic carbocycles. The molecule has 2 rings (SSSR count). The van der Waals surface area contributed by atoms with E-state index in [1.165, 1.54) is 0 Å². The van der Waals surface area contributed by atoms with Gasteiger partial charge in [0, 0.05) is 13.4 Å². The van der Waals surface area contributed by atoms with Gasteiger partial charge in [-0.05, 0) is 69.7 Å². The van der Waals surface area contributed by atoms with Gasteiger partial charge in [0.25, 0.3) is 10.1 Å². The van der Waals surface area contributed by atoms with Crippen molar-refractivity contribution in [2.45, 2.75) is 31.8 Å². The fourth-order valence-electron chi connectivity index (χ4n) is 2.75. The second-order valence-corrected chi connectivity index (χ2v) is 10.2. The summed E-state index contributed by atoms with van der Waals surface area (Å²) in [6.45, 7) is -0.405. The highest BCUT2D eigenvalue weighted by molar-refractivity contribution is 9.13. The number of halogens is 3. The minimum atomic E-state index is -4.18. The maximum atomic E-state index is 12.5. The zero-order valence-electron chi connectivity index (χ0n) is 14.0. The van der Waals surface area contributed by atoms with Gasteiger partial charge in [-0.25, -0.2) is 4.79 Å². The van der Waals surface area contributed by atoms with E-state index in [4.69, 9.17) is 14.0 Å². The summed E-state index contributed by atoms with van der Waals surface area (Å²) in [4.78, 5) is 24.6. The first kappa shape index (κ1) is 22.8. The van der Waals surface area contributed by atoms with Crippen LogP contribution >= 0.6 is 47.8 Å². The highest BCUT2D eigenvalue weighted by atomic mass is 79.9. The summed E-state index contributed by atoms with van der Waals surface area (Å²) in [7, 11) is -4.18. The molecule has 0 radical (unpaired) electrons. The van der Waals surface area contributed by atoms with Gasteiger partial charge in [0.1, 0.15) is 18.5 Å². The Bertz CT molecular complexity index is 826. The largest absolute Gasteiger partial charge is 0.464 e. The molecule has 0 amide bonds. The minimum absolute atomic E-state index is 0.309. The predicted octanol–water partition coefficient (Wildman–Crippen LogP) is 4.12. The van der Waals surface area contributed by atoms with Crippen LogP contribution in [0.4, 0.5) is 0 Å². The summed E-state index contributed by atoms with van der Waals surface area (Å²) in [6.07, 6.45) is 1.76. The van der Waals surface area contributed by atoms with Gasteiger partial charge >= 0.3 is 11.9 Å². The van der Waals surface area contributed by atoms with Gasteiger partial charge in [0.05, 0.1) is 11.5 Å². The Morgan fingerprint density at radius 2 is 1.89 bits per heavy atom. The number of hydrogen-bond donors (Lipinski definition) is 1. The SMILES string of the molecule is O=C(OC1CCCC(C(=O)OCCS(=O)(=O)O)C1)c1cc(Br)cc(Br)c1Br. The first-order valence-corrected chi connectivity index (χ1v) is 12.0. The summed E-state index contributed by atoms with van der Waals surface area (Å²) in [6, 6.07) is 3.43. The third-order valence-corrected chi connectivity index (χ3v) is 7.18. The van der Waals surface area contributed by atoms with Crippen LogP contribution in [0, 0.1) is 5.92 Å². The van der Waals surface area contributed by atoms with E-state index < -0.39 is 46.4 Å². The molecular weight excluding hydrogens is 576 g/mol. The number of rotatable bonds is 6. The smallest absolute Gasteiger partial charge is 0.339 e. The summed E-state index contributed by atoms with van der Waals surface area (Å²) in [5.41, 5.74) is 0.356. The van der Waals surface area contributed by atoms with Crippen molar-refractivity contribution in [3.63, 3.8) is 0 Å². The second-order valence-electron chi connectivity index (χ2n) is 6.09. The lowest BCUT2D eigenvalue weighted by molar-refractivity contribution is -0.150. The molecule has 1 aromatic rings. The predicted molar refractivity (Wildman–Crippen MR) is 108 cm³/mol. The van der Waals surface area contributed by atoms with Crippen molar-refractivity contribution < 1.29 is 32.0 Å². The summed E-state index contributed by atoms with van der Waals surface area (Å²) in [5, 5.41) is 0. The Balaban J connectivity index is 1.94. The average Bonchev–Trinajstić information content (AvgIpc) is 2.57. The number of benzene rings is 1. The normalized spacial score (nSPS) is 20.1. The maximum Gasteiger partial charge on any atom is 0.339 e. The van der Waals surface area contributed by atoms with E-state index in [1.54, 1.807) is 12.1 Å². The molecule has 0 spiro atoms. The van der Waals surface area contributed by atoms with Crippen molar-refractivity contribution in [3.05, 3.63) is 31.1 Å². The zero-order chi connectivity index (χ0) is 20.2. The van der Waals surface area contributed by atoms with Gasteiger partial charge in [0.15, 0.2) is 0 Å². The lowest BCUT2D eigenvalue weighted by Crippen LogP contribution is -2.31. The molecule has 1 aliphatic carbocycles. The molecule has 0 heterocycles. The van der Waals surface area contributed by atoms with Gasteiger partial charge in [-0.1, -0.05) is 15.9 Å². The highest BCUT2D eigenvalue weighted by Gasteiger charge is 2.31. The molecule has 0 bridgehead atoms. The van der Waals surface area contributed by atoms with E-state index in [0.29, 0.717) is 44.7 Å². The van der Waals surface area contributed by atoms with Gasteiger partial charge in [-0.2, -0.15) is 8.42 Å². The molecule has 1 N–H and O–H groups in total. The number of esters is 2. The Morgan fingerprint density at radius 1 is 1.19 bits per heavy atom. The van der Waals surface area contributed by atoms with E-state index in [2.05, 4.69) is 47.8 Å². The van der Waals surface area contributed by atoms with Crippen molar-refractivity contribution in [2.24, 2.45) is 5.92 Å². The van der Waals surface area contributed by atoms with Crippen LogP contribution in [0.2, 0.25) is 0 Å². The summed E-state index contributed by atoms with van der Waals surface area (Å²) >= 11 is 10.0. The molecule has 1 saturated carbocycles. The molecule has 2 atom stereocenters. The topological polar surface area (TPSA) is 107 Å². The molecule has 0 aliphatic heterocycles. The first-order chi connectivity index (χ1) is 12.6. The van der Waals surface area contributed by atoms with Crippen LogP contribution in [0.3, 0.4) is 0 Å². The Hall–Kier alpha value is -0.490. The van der Waals surface area contributed by atoms with Crippen LogP contribution in [0.15, 0.2) is 25.6 Å². The standard InChI is InChI=1S/C16H17Br3O7S/c17-10-7-12(14(19)13(18)8-10)16(21)26-11-3-1-2-9(6-11)15(20)25-4-5-27(22,23)24/h7-9,11H,1-6H2,(H,22,23,24). The fourth-order valence-corrected chi connectivity index (χ4v) is 4.66. The number of hydrogen-bond acceptors (Lipinski definition) is 6. The van der Waals surface area contributed by atoms with Crippen LogP contribution in [0.5, 0.6) is 0 Å². The molecule has 0 saturated heterocycles. The van der Waals surface area contributed by atoms with E-state index in [9.17, 15) is 18.0 Å². The van der Waals surface area contributed by atoms with E-state index in [-0.39, 0.29) is 0 Å². The molecular formula is C16H17Br3O7S. The van der Waals surface area contributed by atoms with Gasteiger partial charge in [0.2, 0.25) is 0 Å². The molecule has 7 nitrogen and oxygen atoms in total. The van der Waals surface area contributed by atoms with Crippen molar-refractivity contribution >= 4 is 69.8 Å². The van der Waals surface area contributed by atoms with E-state index in [0.717, 1.165) is 0 Å². The quantitative estimate of drug-likeness (QED) is 0.301. The average molecular weight is 593 g/mol. The third kappa shape index (κ3) is 7.12. The van der Waals surface area contributed by atoms with Crippen LogP contribution in [0.1, 0.15) is 36.0 Å².